The topological polar surface area (TPSA) is 89.3 Å². The second kappa shape index (κ2) is 7.62. The minimum Gasteiger partial charge on any atom is -0.383 e. The molecule has 0 spiro atoms. The number of hydrogen-bond acceptors (Lipinski definition) is 5. The van der Waals surface area contributed by atoms with E-state index in [1.165, 1.54) is 6.20 Å². The van der Waals surface area contributed by atoms with Crippen molar-refractivity contribution in [2.45, 2.75) is 25.8 Å². The number of rotatable bonds is 7. The summed E-state index contributed by atoms with van der Waals surface area (Å²) < 4.78 is 5.07. The first-order valence-corrected chi connectivity index (χ1v) is 5.93. The van der Waals surface area contributed by atoms with Crippen LogP contribution in [0.15, 0.2) is 18.3 Å². The number of carbonyl (C=O) groups excluding carboxylic acids is 1. The van der Waals surface area contributed by atoms with Gasteiger partial charge in [-0.15, -0.1) is 0 Å². The predicted molar refractivity (Wildman–Crippen MR) is 70.1 cm³/mol. The average molecular weight is 252 g/mol. The molecule has 1 atom stereocenters. The lowest BCUT2D eigenvalue weighted by Crippen LogP contribution is -2.38. The fraction of sp³-hybridized carbons (Fsp3) is 0.500. The fourth-order valence-corrected chi connectivity index (χ4v) is 1.63. The van der Waals surface area contributed by atoms with Crippen molar-refractivity contribution in [1.82, 2.24) is 10.3 Å². The van der Waals surface area contributed by atoms with Crippen LogP contribution in [0.1, 0.15) is 30.1 Å². The number of pyridine rings is 1. The van der Waals surface area contributed by atoms with E-state index in [9.17, 15) is 4.79 Å². The van der Waals surface area contributed by atoms with E-state index in [1.807, 2.05) is 0 Å². The number of nitrogens with one attached hydrogen (secondary N) is 2. The number of nitrogens with zero attached hydrogens (tertiary/aromatic N) is 1. The molecule has 1 unspecified atom stereocenters. The van der Waals surface area contributed by atoms with Crippen molar-refractivity contribution in [2.75, 3.05) is 19.1 Å². The molecule has 1 aromatic rings. The summed E-state index contributed by atoms with van der Waals surface area (Å²) in [5.41, 5.74) is 2.92. The van der Waals surface area contributed by atoms with Crippen molar-refractivity contribution < 1.29 is 9.53 Å². The Morgan fingerprint density at radius 1 is 1.56 bits per heavy atom. The molecular weight excluding hydrogens is 232 g/mol. The van der Waals surface area contributed by atoms with Gasteiger partial charge in [0, 0.05) is 13.3 Å². The summed E-state index contributed by atoms with van der Waals surface area (Å²) in [6, 6.07) is 3.35. The van der Waals surface area contributed by atoms with Gasteiger partial charge in [0.2, 0.25) is 0 Å². The minimum absolute atomic E-state index is 0.0276. The Morgan fingerprint density at radius 3 is 2.83 bits per heavy atom. The largest absolute Gasteiger partial charge is 0.383 e. The second-order valence-electron chi connectivity index (χ2n) is 3.99. The summed E-state index contributed by atoms with van der Waals surface area (Å²) in [6.45, 7) is 2.58. The van der Waals surface area contributed by atoms with Gasteiger partial charge in [-0.1, -0.05) is 13.3 Å². The van der Waals surface area contributed by atoms with Crippen molar-refractivity contribution >= 4 is 11.7 Å². The molecule has 0 aliphatic heterocycles. The number of hydrogen-bond donors (Lipinski definition) is 3. The number of carbonyl (C=O) groups is 1. The van der Waals surface area contributed by atoms with Crippen molar-refractivity contribution in [1.29, 1.82) is 0 Å². The van der Waals surface area contributed by atoms with E-state index in [4.69, 9.17) is 10.6 Å². The van der Waals surface area contributed by atoms with Crippen LogP contribution in [0.5, 0.6) is 0 Å². The quantitative estimate of drug-likeness (QED) is 0.496. The zero-order valence-electron chi connectivity index (χ0n) is 10.8. The third kappa shape index (κ3) is 4.31. The van der Waals surface area contributed by atoms with Gasteiger partial charge in [0.15, 0.2) is 0 Å². The van der Waals surface area contributed by atoms with E-state index >= 15 is 0 Å². The molecule has 100 valence electrons. The number of nitrogen functional groups attached to an aromatic ring is 1. The molecule has 18 heavy (non-hydrogen) atoms. The molecule has 0 bridgehead atoms. The SMILES string of the molecule is CCCC(COC)NC(=O)c1ccc(NN)nc1. The highest BCUT2D eigenvalue weighted by Gasteiger charge is 2.13. The normalized spacial score (nSPS) is 11.9. The van der Waals surface area contributed by atoms with E-state index in [0.717, 1.165) is 12.8 Å². The number of methoxy groups -OCH3 is 1. The molecule has 0 aromatic carbocycles. The molecule has 1 amide bonds. The predicted octanol–water partition coefficient (Wildman–Crippen LogP) is 0.912. The zero-order valence-corrected chi connectivity index (χ0v) is 10.8. The number of ether oxygens (including phenoxy) is 1. The molecule has 0 radical (unpaired) electrons. The third-order valence-corrected chi connectivity index (χ3v) is 2.51. The maximum atomic E-state index is 11.9. The van der Waals surface area contributed by atoms with E-state index < -0.39 is 0 Å². The molecule has 0 saturated heterocycles. The van der Waals surface area contributed by atoms with Crippen LogP contribution >= 0.6 is 0 Å². The van der Waals surface area contributed by atoms with Gasteiger partial charge in [0.1, 0.15) is 5.82 Å². The Balaban J connectivity index is 2.61. The molecule has 6 heteroatoms. The smallest absolute Gasteiger partial charge is 0.253 e. The molecular formula is C12H20N4O2. The summed E-state index contributed by atoms with van der Waals surface area (Å²) in [5, 5.41) is 2.92. The van der Waals surface area contributed by atoms with Gasteiger partial charge in [-0.05, 0) is 18.6 Å². The maximum Gasteiger partial charge on any atom is 0.253 e. The molecule has 1 heterocycles. The number of amides is 1. The van der Waals surface area contributed by atoms with Gasteiger partial charge in [-0.3, -0.25) is 4.79 Å². The van der Waals surface area contributed by atoms with E-state index in [2.05, 4.69) is 22.7 Å². The van der Waals surface area contributed by atoms with E-state index in [0.29, 0.717) is 18.0 Å². The van der Waals surface area contributed by atoms with Crippen LogP contribution in [0.25, 0.3) is 0 Å². The van der Waals surface area contributed by atoms with Gasteiger partial charge in [0.05, 0.1) is 18.2 Å². The second-order valence-corrected chi connectivity index (χ2v) is 3.99. The lowest BCUT2D eigenvalue weighted by Gasteiger charge is -2.17. The molecule has 1 aromatic heterocycles. The Hall–Kier alpha value is -1.66. The molecule has 4 N–H and O–H groups in total. The molecule has 0 fully saturated rings. The van der Waals surface area contributed by atoms with Crippen molar-refractivity contribution in [3.05, 3.63) is 23.9 Å². The van der Waals surface area contributed by atoms with Crippen LogP contribution in [0.3, 0.4) is 0 Å². The van der Waals surface area contributed by atoms with E-state index in [-0.39, 0.29) is 11.9 Å². The molecule has 0 aliphatic carbocycles. The molecule has 6 nitrogen and oxygen atoms in total. The fourth-order valence-electron chi connectivity index (χ4n) is 1.63. The Bertz CT molecular complexity index is 361. The Morgan fingerprint density at radius 2 is 2.33 bits per heavy atom. The van der Waals surface area contributed by atoms with E-state index in [1.54, 1.807) is 19.2 Å². The number of anilines is 1. The number of hydrazine groups is 1. The lowest BCUT2D eigenvalue weighted by atomic mass is 10.1. The Kier molecular flexibility index (Phi) is 6.10. The van der Waals surface area contributed by atoms with Crippen LogP contribution < -0.4 is 16.6 Å². The highest BCUT2D eigenvalue weighted by Crippen LogP contribution is 2.05. The van der Waals surface area contributed by atoms with Gasteiger partial charge in [-0.25, -0.2) is 10.8 Å². The van der Waals surface area contributed by atoms with Gasteiger partial charge in [0.25, 0.3) is 5.91 Å². The van der Waals surface area contributed by atoms with Crippen LogP contribution in [-0.2, 0) is 4.74 Å². The molecule has 0 aliphatic rings. The Labute approximate surface area is 107 Å². The van der Waals surface area contributed by atoms with Crippen molar-refractivity contribution in [3.8, 4) is 0 Å². The standard InChI is InChI=1S/C12H20N4O2/c1-3-4-10(8-18-2)15-12(17)9-5-6-11(16-13)14-7-9/h5-7,10H,3-4,8,13H2,1-2H3,(H,14,16)(H,15,17). The van der Waals surface area contributed by atoms with Crippen molar-refractivity contribution in [3.63, 3.8) is 0 Å². The summed E-state index contributed by atoms with van der Waals surface area (Å²) in [5.74, 6) is 5.58. The summed E-state index contributed by atoms with van der Waals surface area (Å²) in [7, 11) is 1.62. The highest BCUT2D eigenvalue weighted by atomic mass is 16.5. The van der Waals surface area contributed by atoms with Crippen molar-refractivity contribution in [2.24, 2.45) is 5.84 Å². The third-order valence-electron chi connectivity index (χ3n) is 2.51. The number of nitrogens with two attached hydrogens (primary N) is 1. The monoisotopic (exact) mass is 252 g/mol. The summed E-state index contributed by atoms with van der Waals surface area (Å²) >= 11 is 0. The van der Waals surface area contributed by atoms with Gasteiger partial charge in [-0.2, -0.15) is 0 Å². The van der Waals surface area contributed by atoms with Crippen LogP contribution in [0.2, 0.25) is 0 Å². The zero-order chi connectivity index (χ0) is 13.4. The van der Waals surface area contributed by atoms with Crippen LogP contribution in [0, 0.1) is 0 Å². The minimum atomic E-state index is -0.151. The maximum absolute atomic E-state index is 11.9. The first-order chi connectivity index (χ1) is 8.71. The number of aromatic nitrogens is 1. The average Bonchev–Trinajstić information content (AvgIpc) is 2.39. The van der Waals surface area contributed by atoms with Crippen LogP contribution in [-0.4, -0.2) is 30.6 Å². The summed E-state index contributed by atoms with van der Waals surface area (Å²) in [4.78, 5) is 15.9. The molecule has 0 saturated carbocycles. The first kappa shape index (κ1) is 14.4. The van der Waals surface area contributed by atoms with Gasteiger partial charge < -0.3 is 15.5 Å². The van der Waals surface area contributed by atoms with Gasteiger partial charge >= 0.3 is 0 Å². The van der Waals surface area contributed by atoms with Crippen LogP contribution in [0.4, 0.5) is 5.82 Å². The first-order valence-electron chi connectivity index (χ1n) is 5.93. The molecule has 1 rings (SSSR count). The highest BCUT2D eigenvalue weighted by molar-refractivity contribution is 5.94. The lowest BCUT2D eigenvalue weighted by molar-refractivity contribution is 0.0891. The summed E-state index contributed by atoms with van der Waals surface area (Å²) in [6.07, 6.45) is 3.36.